The van der Waals surface area contributed by atoms with E-state index in [4.69, 9.17) is 11.0 Å². The van der Waals surface area contributed by atoms with Crippen molar-refractivity contribution in [2.75, 3.05) is 5.73 Å². The summed E-state index contributed by atoms with van der Waals surface area (Å²) in [4.78, 5) is 0. The Morgan fingerprint density at radius 2 is 2.13 bits per heavy atom. The Morgan fingerprint density at radius 3 is 2.73 bits per heavy atom. The summed E-state index contributed by atoms with van der Waals surface area (Å²) in [6.07, 6.45) is 0. The fourth-order valence-corrected chi connectivity index (χ4v) is 2.63. The molecule has 1 aromatic carbocycles. The molecule has 2 N–H and O–H groups in total. The van der Waals surface area contributed by atoms with Crippen molar-refractivity contribution < 1.29 is 4.39 Å². The van der Waals surface area contributed by atoms with Crippen molar-refractivity contribution in [3.8, 4) is 6.07 Å². The van der Waals surface area contributed by atoms with Crippen molar-refractivity contribution in [2.45, 2.75) is 13.8 Å². The molecule has 76 valence electrons. The standard InChI is InChI=1S/C11H9FN2S/c1-5-3-8(12)10-9(6(5)2)7(4-13)11(14)15-10/h3H,14H2,1-2H3. The largest absolute Gasteiger partial charge is 0.389 e. The molecule has 0 spiro atoms. The van der Waals surface area contributed by atoms with Crippen molar-refractivity contribution in [3.63, 3.8) is 0 Å². The van der Waals surface area contributed by atoms with E-state index < -0.39 is 0 Å². The molecule has 0 saturated heterocycles. The zero-order valence-corrected chi connectivity index (χ0v) is 9.20. The maximum atomic E-state index is 13.6. The first-order chi connectivity index (χ1) is 7.06. The highest BCUT2D eigenvalue weighted by Crippen LogP contribution is 2.37. The molecule has 0 radical (unpaired) electrons. The third-order valence-electron chi connectivity index (χ3n) is 2.57. The average Bonchev–Trinajstić information content (AvgIpc) is 2.52. The van der Waals surface area contributed by atoms with Crippen LogP contribution in [0.3, 0.4) is 0 Å². The zero-order chi connectivity index (χ0) is 11.2. The molecule has 15 heavy (non-hydrogen) atoms. The number of rotatable bonds is 0. The van der Waals surface area contributed by atoms with Crippen molar-refractivity contribution in [2.24, 2.45) is 0 Å². The van der Waals surface area contributed by atoms with Crippen LogP contribution in [0.1, 0.15) is 16.7 Å². The lowest BCUT2D eigenvalue weighted by atomic mass is 10.0. The van der Waals surface area contributed by atoms with Gasteiger partial charge >= 0.3 is 0 Å². The number of anilines is 1. The number of thiophene rings is 1. The molecular formula is C11H9FN2S. The Balaban J connectivity index is 3.06. The minimum Gasteiger partial charge on any atom is -0.389 e. The fraction of sp³-hybridized carbons (Fsp3) is 0.182. The molecule has 2 nitrogen and oxygen atoms in total. The van der Waals surface area contributed by atoms with Crippen molar-refractivity contribution >= 4 is 26.4 Å². The smallest absolute Gasteiger partial charge is 0.141 e. The van der Waals surface area contributed by atoms with Crippen LogP contribution >= 0.6 is 11.3 Å². The minimum absolute atomic E-state index is 0.300. The van der Waals surface area contributed by atoms with Gasteiger partial charge in [-0.1, -0.05) is 0 Å². The Bertz CT molecular complexity index is 593. The molecule has 0 aliphatic rings. The topological polar surface area (TPSA) is 49.8 Å². The zero-order valence-electron chi connectivity index (χ0n) is 8.39. The van der Waals surface area contributed by atoms with Gasteiger partial charge in [-0.3, -0.25) is 0 Å². The Morgan fingerprint density at radius 1 is 1.47 bits per heavy atom. The van der Waals surface area contributed by atoms with E-state index in [2.05, 4.69) is 0 Å². The molecule has 0 fully saturated rings. The second-order valence-electron chi connectivity index (χ2n) is 3.46. The van der Waals surface area contributed by atoms with Crippen LogP contribution in [-0.4, -0.2) is 0 Å². The number of fused-ring (bicyclic) bond motifs is 1. The summed E-state index contributed by atoms with van der Waals surface area (Å²) in [7, 11) is 0. The Labute approximate surface area is 90.7 Å². The molecule has 0 saturated carbocycles. The van der Waals surface area contributed by atoms with Gasteiger partial charge in [-0.05, 0) is 31.0 Å². The lowest BCUT2D eigenvalue weighted by molar-refractivity contribution is 0.640. The molecule has 1 heterocycles. The summed E-state index contributed by atoms with van der Waals surface area (Å²) in [6, 6.07) is 3.51. The summed E-state index contributed by atoms with van der Waals surface area (Å²) in [6.45, 7) is 3.71. The number of nitrogens with zero attached hydrogens (tertiary/aromatic N) is 1. The van der Waals surface area contributed by atoms with Crippen LogP contribution in [0.15, 0.2) is 6.07 Å². The van der Waals surface area contributed by atoms with Crippen LogP contribution in [-0.2, 0) is 0 Å². The van der Waals surface area contributed by atoms with Gasteiger partial charge in [0.1, 0.15) is 16.9 Å². The molecule has 0 atom stereocenters. The monoisotopic (exact) mass is 220 g/mol. The maximum Gasteiger partial charge on any atom is 0.141 e. The number of halogens is 1. The van der Waals surface area contributed by atoms with E-state index in [1.807, 2.05) is 19.9 Å². The molecule has 0 aliphatic carbocycles. The van der Waals surface area contributed by atoms with Gasteiger partial charge in [-0.15, -0.1) is 11.3 Å². The third kappa shape index (κ3) is 1.28. The Hall–Kier alpha value is -1.60. The molecule has 2 rings (SSSR count). The molecule has 0 aliphatic heterocycles. The summed E-state index contributed by atoms with van der Waals surface area (Å²) < 4.78 is 14.1. The number of hydrogen-bond acceptors (Lipinski definition) is 3. The SMILES string of the molecule is Cc1cc(F)c2sc(N)c(C#N)c2c1C. The van der Waals surface area contributed by atoms with Gasteiger partial charge in [0.15, 0.2) is 0 Å². The predicted molar refractivity (Wildman–Crippen MR) is 60.4 cm³/mol. The number of hydrogen-bond donors (Lipinski definition) is 1. The van der Waals surface area contributed by atoms with Crippen LogP contribution in [0.2, 0.25) is 0 Å². The lowest BCUT2D eigenvalue weighted by Crippen LogP contribution is -1.88. The first kappa shape index (κ1) is 9.94. The summed E-state index contributed by atoms with van der Waals surface area (Å²) >= 11 is 1.13. The van der Waals surface area contributed by atoms with Gasteiger partial charge in [0.05, 0.1) is 10.3 Å². The van der Waals surface area contributed by atoms with E-state index >= 15 is 0 Å². The number of benzene rings is 1. The van der Waals surface area contributed by atoms with E-state index in [0.29, 0.717) is 20.7 Å². The van der Waals surface area contributed by atoms with E-state index in [-0.39, 0.29) is 5.82 Å². The number of nitriles is 1. The van der Waals surface area contributed by atoms with Gasteiger partial charge in [0, 0.05) is 5.39 Å². The summed E-state index contributed by atoms with van der Waals surface area (Å²) in [5.41, 5.74) is 7.85. The molecule has 0 amide bonds. The Kier molecular flexibility index (Phi) is 2.13. The molecule has 0 bridgehead atoms. The van der Waals surface area contributed by atoms with E-state index in [1.165, 1.54) is 6.07 Å². The normalized spacial score (nSPS) is 10.5. The average molecular weight is 220 g/mol. The van der Waals surface area contributed by atoms with Gasteiger partial charge in [0.25, 0.3) is 0 Å². The van der Waals surface area contributed by atoms with Crippen LogP contribution in [0.25, 0.3) is 10.1 Å². The van der Waals surface area contributed by atoms with Crippen molar-refractivity contribution in [3.05, 3.63) is 28.6 Å². The number of nitrogen functional groups attached to an aromatic ring is 1. The number of nitrogens with two attached hydrogens (primary N) is 1. The summed E-state index contributed by atoms with van der Waals surface area (Å²) in [5.74, 6) is -0.300. The first-order valence-electron chi connectivity index (χ1n) is 4.44. The van der Waals surface area contributed by atoms with Gasteiger partial charge in [-0.2, -0.15) is 5.26 Å². The highest BCUT2D eigenvalue weighted by Gasteiger charge is 2.16. The predicted octanol–water partition coefficient (Wildman–Crippen LogP) is 3.11. The van der Waals surface area contributed by atoms with Gasteiger partial charge < -0.3 is 5.73 Å². The van der Waals surface area contributed by atoms with Crippen LogP contribution in [0, 0.1) is 31.0 Å². The minimum atomic E-state index is -0.300. The number of aryl methyl sites for hydroxylation is 2. The molecule has 1 aromatic heterocycles. The molecule has 4 heteroatoms. The summed E-state index contributed by atoms with van der Waals surface area (Å²) in [5, 5.41) is 10.0. The molecular weight excluding hydrogens is 211 g/mol. The highest BCUT2D eigenvalue weighted by molar-refractivity contribution is 7.23. The second kappa shape index (κ2) is 3.21. The quantitative estimate of drug-likeness (QED) is 0.741. The fourth-order valence-electron chi connectivity index (χ4n) is 1.65. The molecule has 2 aromatic rings. The maximum absolute atomic E-state index is 13.6. The van der Waals surface area contributed by atoms with E-state index in [1.54, 1.807) is 0 Å². The van der Waals surface area contributed by atoms with Crippen molar-refractivity contribution in [1.29, 1.82) is 5.26 Å². The second-order valence-corrected chi connectivity index (χ2v) is 4.51. The highest BCUT2D eigenvalue weighted by atomic mass is 32.1. The lowest BCUT2D eigenvalue weighted by Gasteiger charge is -2.02. The van der Waals surface area contributed by atoms with Crippen LogP contribution in [0.5, 0.6) is 0 Å². The van der Waals surface area contributed by atoms with Crippen molar-refractivity contribution in [1.82, 2.24) is 0 Å². The first-order valence-corrected chi connectivity index (χ1v) is 5.25. The molecule has 0 unspecified atom stereocenters. The van der Waals surface area contributed by atoms with Gasteiger partial charge in [-0.25, -0.2) is 4.39 Å². The van der Waals surface area contributed by atoms with E-state index in [9.17, 15) is 4.39 Å². The van der Waals surface area contributed by atoms with Crippen LogP contribution in [0.4, 0.5) is 9.39 Å². The third-order valence-corrected chi connectivity index (χ3v) is 3.60. The van der Waals surface area contributed by atoms with E-state index in [0.717, 1.165) is 22.5 Å². The van der Waals surface area contributed by atoms with Crippen LogP contribution < -0.4 is 5.73 Å². The van der Waals surface area contributed by atoms with Gasteiger partial charge in [0.2, 0.25) is 0 Å².